The van der Waals surface area contributed by atoms with Crippen molar-refractivity contribution in [2.45, 2.75) is 25.7 Å². The molecule has 1 unspecified atom stereocenters. The Hall–Kier alpha value is -4.50. The zero-order valence-electron chi connectivity index (χ0n) is 21.8. The molecule has 1 nitrogen and oxygen atoms in total. The highest BCUT2D eigenvalue weighted by atomic mass is 16.5. The predicted molar refractivity (Wildman–Crippen MR) is 159 cm³/mol. The predicted octanol–water partition coefficient (Wildman–Crippen LogP) is 8.58. The highest BCUT2D eigenvalue weighted by Gasteiger charge is 2.43. The van der Waals surface area contributed by atoms with Crippen LogP contribution in [0.1, 0.15) is 34.7 Å². The average Bonchev–Trinajstić information content (AvgIpc) is 2.95. The van der Waals surface area contributed by atoms with Crippen LogP contribution in [0, 0.1) is 19.8 Å². The maximum absolute atomic E-state index is 6.34. The fourth-order valence-electron chi connectivity index (χ4n) is 5.20. The summed E-state index contributed by atoms with van der Waals surface area (Å²) < 4.78 is 6.34. The van der Waals surface area contributed by atoms with Crippen molar-refractivity contribution >= 4 is 5.57 Å². The standard InChI is InChI=1S/C32H28O.C2H4.C2H2/c1-4-11-24(3)32(27-14-6-5-7-15-27)28-16-10-13-25-12-8-9-17-31(25)33-22-26(21-28)29-19-18-23(2)20-30(29)32;2*1-2/h4-12,14-20H,1,13,22H2,2-3H3;1-2H2;1-2H/b16-10-,24-11+;;. The Morgan fingerprint density at radius 1 is 1.00 bits per heavy atom. The number of ether oxygens (including phenoxy) is 1. The van der Waals surface area contributed by atoms with Gasteiger partial charge < -0.3 is 4.74 Å². The van der Waals surface area contributed by atoms with E-state index in [1.807, 2.05) is 12.1 Å². The first-order valence-corrected chi connectivity index (χ1v) is 12.3. The third kappa shape index (κ3) is 5.07. The van der Waals surface area contributed by atoms with Crippen LogP contribution >= 0.6 is 0 Å². The number of hydrogen-bond acceptors (Lipinski definition) is 1. The number of para-hydroxylation sites is 1. The average molecular weight is 483 g/mol. The Balaban J connectivity index is 0.000000907. The van der Waals surface area contributed by atoms with Crippen LogP contribution in [-0.2, 0) is 11.8 Å². The lowest BCUT2D eigenvalue weighted by Crippen LogP contribution is -2.34. The summed E-state index contributed by atoms with van der Waals surface area (Å²) in [5.74, 6) is 0.941. The van der Waals surface area contributed by atoms with Crippen LogP contribution in [0.15, 0.2) is 134 Å². The van der Waals surface area contributed by atoms with Crippen LogP contribution in [-0.4, -0.2) is 6.61 Å². The lowest BCUT2D eigenvalue weighted by Gasteiger charge is -2.41. The van der Waals surface area contributed by atoms with Gasteiger partial charge in [-0.1, -0.05) is 109 Å². The van der Waals surface area contributed by atoms with Gasteiger partial charge in [-0.25, -0.2) is 0 Å². The van der Waals surface area contributed by atoms with Gasteiger partial charge in [0, 0.05) is 11.1 Å². The summed E-state index contributed by atoms with van der Waals surface area (Å²) in [6, 6.07) is 25.8. The lowest BCUT2D eigenvalue weighted by molar-refractivity contribution is 0.366. The van der Waals surface area contributed by atoms with Crippen molar-refractivity contribution in [3.05, 3.63) is 162 Å². The summed E-state index contributed by atoms with van der Waals surface area (Å²) in [5, 5.41) is 0. The van der Waals surface area contributed by atoms with Crippen molar-refractivity contribution in [2.75, 3.05) is 6.61 Å². The first kappa shape index (κ1) is 27.1. The molecule has 0 radical (unpaired) electrons. The number of hydrogen-bond donors (Lipinski definition) is 0. The van der Waals surface area contributed by atoms with E-state index in [0.29, 0.717) is 6.61 Å². The minimum atomic E-state index is -0.449. The number of terminal acetylenes is 1. The molecule has 0 N–H and O–H groups in total. The Labute approximate surface area is 222 Å². The summed E-state index contributed by atoms with van der Waals surface area (Å²) >= 11 is 0. The lowest BCUT2D eigenvalue weighted by atomic mass is 9.61. The van der Waals surface area contributed by atoms with E-state index in [-0.39, 0.29) is 0 Å². The molecule has 5 rings (SSSR count). The van der Waals surface area contributed by atoms with Crippen molar-refractivity contribution in [1.82, 2.24) is 0 Å². The van der Waals surface area contributed by atoms with Gasteiger partial charge in [-0.2, -0.15) is 0 Å². The summed E-state index contributed by atoms with van der Waals surface area (Å²) in [7, 11) is 0. The highest BCUT2D eigenvalue weighted by molar-refractivity contribution is 5.79. The van der Waals surface area contributed by atoms with Crippen molar-refractivity contribution < 1.29 is 4.74 Å². The Morgan fingerprint density at radius 2 is 1.70 bits per heavy atom. The van der Waals surface area contributed by atoms with Crippen LogP contribution in [0.2, 0.25) is 0 Å². The molecular weight excluding hydrogens is 448 g/mol. The van der Waals surface area contributed by atoms with E-state index in [0.717, 1.165) is 23.3 Å². The van der Waals surface area contributed by atoms with Crippen molar-refractivity contribution in [2.24, 2.45) is 0 Å². The second kappa shape index (κ2) is 12.5. The minimum Gasteiger partial charge on any atom is -0.488 e. The zero-order valence-corrected chi connectivity index (χ0v) is 21.8. The van der Waals surface area contributed by atoms with Gasteiger partial charge in [0.15, 0.2) is 0 Å². The van der Waals surface area contributed by atoms with E-state index in [2.05, 4.69) is 137 Å². The van der Waals surface area contributed by atoms with Gasteiger partial charge in [0.05, 0.1) is 5.41 Å². The number of allylic oxidation sites excluding steroid dienone is 5. The molecule has 0 aromatic heterocycles. The van der Waals surface area contributed by atoms with E-state index in [1.54, 1.807) is 0 Å². The quantitative estimate of drug-likeness (QED) is 0.157. The number of fused-ring (bicyclic) bond motifs is 3. The fraction of sp³-hybridized carbons (Fsp3) is 0.139. The van der Waals surface area contributed by atoms with Gasteiger partial charge in [-0.3, -0.25) is 0 Å². The molecule has 184 valence electrons. The van der Waals surface area contributed by atoms with Gasteiger partial charge in [0.2, 0.25) is 0 Å². The van der Waals surface area contributed by atoms with Crippen LogP contribution < -0.4 is 4.74 Å². The molecule has 0 spiro atoms. The molecule has 1 heterocycles. The molecule has 2 aliphatic rings. The molecule has 3 aromatic carbocycles. The van der Waals surface area contributed by atoms with Gasteiger partial charge in [0.25, 0.3) is 0 Å². The van der Waals surface area contributed by atoms with E-state index in [9.17, 15) is 0 Å². The molecule has 2 bridgehead atoms. The molecule has 1 aliphatic heterocycles. The number of benzene rings is 3. The van der Waals surface area contributed by atoms with E-state index < -0.39 is 5.41 Å². The van der Waals surface area contributed by atoms with Gasteiger partial charge in [0.1, 0.15) is 12.4 Å². The van der Waals surface area contributed by atoms with E-state index in [4.69, 9.17) is 4.74 Å². The maximum Gasteiger partial charge on any atom is 0.123 e. The first-order valence-electron chi connectivity index (χ1n) is 12.3. The maximum atomic E-state index is 6.34. The smallest absolute Gasteiger partial charge is 0.123 e. The molecule has 1 aliphatic carbocycles. The Morgan fingerprint density at radius 3 is 2.43 bits per heavy atom. The van der Waals surface area contributed by atoms with Crippen molar-refractivity contribution in [3.8, 4) is 18.6 Å². The first-order chi connectivity index (χ1) is 18.1. The molecule has 0 saturated heterocycles. The van der Waals surface area contributed by atoms with E-state index >= 15 is 0 Å². The van der Waals surface area contributed by atoms with Gasteiger partial charge in [-0.05, 0) is 48.6 Å². The third-order valence-corrected chi connectivity index (χ3v) is 6.73. The van der Waals surface area contributed by atoms with Crippen molar-refractivity contribution in [1.29, 1.82) is 0 Å². The van der Waals surface area contributed by atoms with E-state index in [1.165, 1.54) is 33.4 Å². The third-order valence-electron chi connectivity index (χ3n) is 6.73. The summed E-state index contributed by atoms with van der Waals surface area (Å²) in [4.78, 5) is 0. The highest BCUT2D eigenvalue weighted by Crippen LogP contribution is 2.50. The monoisotopic (exact) mass is 482 g/mol. The van der Waals surface area contributed by atoms with Crippen LogP contribution in [0.3, 0.4) is 0 Å². The molecule has 0 fully saturated rings. The van der Waals surface area contributed by atoms with Crippen LogP contribution in [0.5, 0.6) is 5.75 Å². The summed E-state index contributed by atoms with van der Waals surface area (Å²) in [6.45, 7) is 14.9. The van der Waals surface area contributed by atoms with Crippen molar-refractivity contribution in [3.63, 3.8) is 0 Å². The van der Waals surface area contributed by atoms with Gasteiger partial charge >= 0.3 is 0 Å². The number of rotatable bonds is 3. The molecule has 37 heavy (non-hydrogen) atoms. The summed E-state index contributed by atoms with van der Waals surface area (Å²) in [5.41, 5.74) is 12.9. The second-order valence-corrected chi connectivity index (χ2v) is 8.77. The molecule has 0 amide bonds. The van der Waals surface area contributed by atoms with Crippen LogP contribution in [0.25, 0.3) is 5.57 Å². The molecule has 1 atom stereocenters. The Kier molecular flexibility index (Phi) is 9.12. The number of aryl methyl sites for hydroxylation is 1. The molecular formula is C36H34O. The zero-order chi connectivity index (χ0) is 26.8. The topological polar surface area (TPSA) is 9.23 Å². The minimum absolute atomic E-state index is 0.449. The van der Waals surface area contributed by atoms with Crippen LogP contribution in [0.4, 0.5) is 0 Å². The molecule has 3 aromatic rings. The normalized spacial score (nSPS) is 18.3. The largest absolute Gasteiger partial charge is 0.488 e. The SMILES string of the molecule is C#C.C=C.C=C/C=C(\C)C1(c2ccccc2)C2=C=C(COc3ccccc3C/C=C\2)c2ccc(C)cc21. The Bertz CT molecular complexity index is 1410. The fourth-order valence-corrected chi connectivity index (χ4v) is 5.20. The van der Waals surface area contributed by atoms with Gasteiger partial charge in [-0.15, -0.1) is 31.7 Å². The molecule has 1 heteroatoms. The summed E-state index contributed by atoms with van der Waals surface area (Å²) in [6.07, 6.45) is 17.3. The second-order valence-electron chi connectivity index (χ2n) is 8.77. The molecule has 0 saturated carbocycles.